The van der Waals surface area contributed by atoms with Crippen molar-refractivity contribution < 1.29 is 22.8 Å². The first kappa shape index (κ1) is 16.8. The fourth-order valence-electron chi connectivity index (χ4n) is 3.60. The Morgan fingerprint density at radius 3 is 2.42 bits per heavy atom. The summed E-state index contributed by atoms with van der Waals surface area (Å²) in [6.45, 7) is 1.00. The van der Waals surface area contributed by atoms with E-state index in [1.807, 2.05) is 30.3 Å². The molecule has 0 radical (unpaired) electrons. The van der Waals surface area contributed by atoms with Crippen molar-refractivity contribution in [2.24, 2.45) is 0 Å². The van der Waals surface area contributed by atoms with Crippen molar-refractivity contribution in [1.29, 1.82) is 0 Å². The lowest BCUT2D eigenvalue weighted by Crippen LogP contribution is -2.50. The van der Waals surface area contributed by atoms with Crippen LogP contribution in [-0.4, -0.2) is 53.5 Å². The molecule has 2 heterocycles. The summed E-state index contributed by atoms with van der Waals surface area (Å²) in [6, 6.07) is 8.79. The summed E-state index contributed by atoms with van der Waals surface area (Å²) in [5, 5.41) is 0. The van der Waals surface area contributed by atoms with Crippen molar-refractivity contribution >= 4 is 11.8 Å². The van der Waals surface area contributed by atoms with Gasteiger partial charge in [0.2, 0.25) is 5.91 Å². The minimum Gasteiger partial charge on any atom is -0.340 e. The van der Waals surface area contributed by atoms with Crippen LogP contribution in [0.25, 0.3) is 0 Å². The van der Waals surface area contributed by atoms with E-state index >= 15 is 0 Å². The quantitative estimate of drug-likeness (QED) is 0.830. The predicted octanol–water partition coefficient (Wildman–Crippen LogP) is 2.56. The summed E-state index contributed by atoms with van der Waals surface area (Å²) >= 11 is 0. The van der Waals surface area contributed by atoms with Gasteiger partial charge in [-0.25, -0.2) is 0 Å². The highest BCUT2D eigenvalue weighted by Gasteiger charge is 2.48. The number of likely N-dealkylation sites (tertiary alicyclic amines) is 2. The average Bonchev–Trinajstić information content (AvgIpc) is 3.23. The van der Waals surface area contributed by atoms with E-state index in [-0.39, 0.29) is 18.4 Å². The summed E-state index contributed by atoms with van der Waals surface area (Å²) < 4.78 is 38.0. The average molecular weight is 340 g/mol. The van der Waals surface area contributed by atoms with E-state index in [1.54, 1.807) is 4.90 Å². The molecule has 2 fully saturated rings. The van der Waals surface area contributed by atoms with Crippen LogP contribution in [0.5, 0.6) is 0 Å². The molecule has 7 heteroatoms. The van der Waals surface area contributed by atoms with Gasteiger partial charge in [-0.05, 0) is 24.8 Å². The van der Waals surface area contributed by atoms with Gasteiger partial charge in [0.15, 0.2) is 0 Å². The van der Waals surface area contributed by atoms with Gasteiger partial charge in [-0.1, -0.05) is 30.3 Å². The van der Waals surface area contributed by atoms with E-state index < -0.39 is 18.1 Å². The molecule has 0 aliphatic carbocycles. The highest BCUT2D eigenvalue weighted by Crippen LogP contribution is 2.31. The highest BCUT2D eigenvalue weighted by atomic mass is 19.4. The molecule has 0 N–H and O–H groups in total. The third-order valence-electron chi connectivity index (χ3n) is 4.81. The Morgan fingerprint density at radius 1 is 1.04 bits per heavy atom. The first-order valence-electron chi connectivity index (χ1n) is 8.09. The van der Waals surface area contributed by atoms with Crippen molar-refractivity contribution in [1.82, 2.24) is 9.80 Å². The van der Waals surface area contributed by atoms with Gasteiger partial charge in [0.05, 0.1) is 0 Å². The van der Waals surface area contributed by atoms with Crippen LogP contribution in [0.4, 0.5) is 13.2 Å². The molecule has 2 unspecified atom stereocenters. The largest absolute Gasteiger partial charge is 0.471 e. The van der Waals surface area contributed by atoms with Gasteiger partial charge < -0.3 is 9.80 Å². The number of carbonyl (C=O) groups excluding carboxylic acids is 2. The van der Waals surface area contributed by atoms with Crippen molar-refractivity contribution in [3.8, 4) is 0 Å². The van der Waals surface area contributed by atoms with Gasteiger partial charge in [-0.3, -0.25) is 9.59 Å². The SMILES string of the molecule is O=C(C1CCCN1C(=O)C(F)(F)F)N1CCC(c2ccccc2)C1. The first-order valence-corrected chi connectivity index (χ1v) is 8.09. The predicted molar refractivity (Wildman–Crippen MR) is 81.2 cm³/mol. The highest BCUT2D eigenvalue weighted by molar-refractivity contribution is 5.90. The van der Waals surface area contributed by atoms with E-state index in [1.165, 1.54) is 0 Å². The van der Waals surface area contributed by atoms with Gasteiger partial charge in [0.25, 0.3) is 0 Å². The van der Waals surface area contributed by atoms with Gasteiger partial charge in [-0.15, -0.1) is 0 Å². The van der Waals surface area contributed by atoms with Gasteiger partial charge in [0, 0.05) is 25.6 Å². The Morgan fingerprint density at radius 2 is 1.75 bits per heavy atom. The summed E-state index contributed by atoms with van der Waals surface area (Å²) in [5.41, 5.74) is 1.13. The summed E-state index contributed by atoms with van der Waals surface area (Å²) in [6.07, 6.45) is -3.42. The molecule has 0 saturated carbocycles. The van der Waals surface area contributed by atoms with E-state index in [9.17, 15) is 22.8 Å². The maximum atomic E-state index is 12.7. The lowest BCUT2D eigenvalue weighted by molar-refractivity contribution is -0.187. The number of hydrogen-bond donors (Lipinski definition) is 0. The van der Waals surface area contributed by atoms with Crippen molar-refractivity contribution in [3.05, 3.63) is 35.9 Å². The molecule has 2 aliphatic rings. The third kappa shape index (κ3) is 3.25. The van der Waals surface area contributed by atoms with Crippen LogP contribution >= 0.6 is 0 Å². The van der Waals surface area contributed by atoms with Crippen LogP contribution in [0, 0.1) is 0 Å². The van der Waals surface area contributed by atoms with E-state index in [0.717, 1.165) is 12.0 Å². The lowest BCUT2D eigenvalue weighted by Gasteiger charge is -2.28. The zero-order chi connectivity index (χ0) is 17.3. The summed E-state index contributed by atoms with van der Waals surface area (Å²) in [5.74, 6) is -2.07. The van der Waals surface area contributed by atoms with E-state index in [0.29, 0.717) is 30.8 Å². The van der Waals surface area contributed by atoms with E-state index in [2.05, 4.69) is 0 Å². The lowest BCUT2D eigenvalue weighted by atomic mass is 9.99. The van der Waals surface area contributed by atoms with Crippen LogP contribution < -0.4 is 0 Å². The fraction of sp³-hybridized carbons (Fsp3) is 0.529. The molecule has 2 aliphatic heterocycles. The van der Waals surface area contributed by atoms with E-state index in [4.69, 9.17) is 0 Å². The molecule has 4 nitrogen and oxygen atoms in total. The molecule has 2 atom stereocenters. The maximum Gasteiger partial charge on any atom is 0.471 e. The molecule has 130 valence electrons. The Hall–Kier alpha value is -2.05. The zero-order valence-electron chi connectivity index (χ0n) is 13.1. The van der Waals surface area contributed by atoms with Crippen LogP contribution in [0.15, 0.2) is 30.3 Å². The summed E-state index contributed by atoms with van der Waals surface area (Å²) in [4.78, 5) is 26.4. The van der Waals surface area contributed by atoms with Crippen molar-refractivity contribution in [2.75, 3.05) is 19.6 Å². The van der Waals surface area contributed by atoms with Gasteiger partial charge in [0.1, 0.15) is 6.04 Å². The van der Waals surface area contributed by atoms with Crippen LogP contribution in [0.3, 0.4) is 0 Å². The molecule has 3 rings (SSSR count). The Bertz CT molecular complexity index is 618. The molecule has 0 bridgehead atoms. The number of alkyl halides is 3. The Balaban J connectivity index is 1.67. The molecule has 2 amide bonds. The number of rotatable bonds is 2. The second-order valence-electron chi connectivity index (χ2n) is 6.33. The third-order valence-corrected chi connectivity index (χ3v) is 4.81. The normalized spacial score (nSPS) is 24.5. The Labute approximate surface area is 138 Å². The minimum absolute atomic E-state index is 0.00922. The number of hydrogen-bond acceptors (Lipinski definition) is 2. The zero-order valence-corrected chi connectivity index (χ0v) is 13.1. The number of carbonyl (C=O) groups is 2. The van der Waals surface area contributed by atoms with Crippen LogP contribution in [0.2, 0.25) is 0 Å². The molecule has 0 aromatic heterocycles. The summed E-state index contributed by atoms with van der Waals surface area (Å²) in [7, 11) is 0. The Kier molecular flexibility index (Phi) is 4.51. The van der Waals surface area contributed by atoms with Gasteiger partial charge >= 0.3 is 12.1 Å². The monoisotopic (exact) mass is 340 g/mol. The minimum atomic E-state index is -4.93. The van der Waals surface area contributed by atoms with Crippen molar-refractivity contribution in [2.45, 2.75) is 37.4 Å². The molecule has 2 saturated heterocycles. The second kappa shape index (κ2) is 6.45. The molecule has 0 spiro atoms. The number of nitrogens with zero attached hydrogens (tertiary/aromatic N) is 2. The molecular formula is C17H19F3N2O2. The number of amides is 2. The fourth-order valence-corrected chi connectivity index (χ4v) is 3.60. The maximum absolute atomic E-state index is 12.7. The second-order valence-corrected chi connectivity index (χ2v) is 6.33. The van der Waals surface area contributed by atoms with Crippen molar-refractivity contribution in [3.63, 3.8) is 0 Å². The smallest absolute Gasteiger partial charge is 0.340 e. The van der Waals surface area contributed by atoms with Crippen LogP contribution in [-0.2, 0) is 9.59 Å². The molecular weight excluding hydrogens is 321 g/mol. The number of halogens is 3. The molecule has 24 heavy (non-hydrogen) atoms. The standard InChI is InChI=1S/C17H19F3N2O2/c18-17(19,20)16(24)22-9-4-7-14(22)15(23)21-10-8-13(11-21)12-5-2-1-3-6-12/h1-3,5-6,13-14H,4,7-11H2. The number of benzene rings is 1. The van der Waals surface area contributed by atoms with Crippen LogP contribution in [0.1, 0.15) is 30.7 Å². The molecule has 1 aromatic rings. The molecule has 1 aromatic carbocycles. The first-order chi connectivity index (χ1) is 11.4. The van der Waals surface area contributed by atoms with Gasteiger partial charge in [-0.2, -0.15) is 13.2 Å². The topological polar surface area (TPSA) is 40.6 Å².